The van der Waals surface area contributed by atoms with Gasteiger partial charge in [0.2, 0.25) is 11.5 Å². The number of carbonyl (C=O) groups excluding carboxylic acids is 2. The van der Waals surface area contributed by atoms with Gasteiger partial charge >= 0.3 is 12.1 Å². The number of carboxylic acids is 1. The van der Waals surface area contributed by atoms with E-state index in [0.717, 1.165) is 27.2 Å². The van der Waals surface area contributed by atoms with Crippen LogP contribution in [0.4, 0.5) is 10.6 Å². The first-order chi connectivity index (χ1) is 15.9. The van der Waals surface area contributed by atoms with Crippen LogP contribution in [-0.2, 0) is 9.53 Å². The third-order valence-corrected chi connectivity index (χ3v) is 6.32. The minimum atomic E-state index is -1.27. The number of nitrogens with one attached hydrogen (secondary N) is 1. The summed E-state index contributed by atoms with van der Waals surface area (Å²) in [7, 11) is 1.37. The molecule has 1 aromatic heterocycles. The molecule has 3 aromatic rings. The number of amides is 2. The first kappa shape index (κ1) is 20.7. The molecule has 168 valence electrons. The van der Waals surface area contributed by atoms with Crippen molar-refractivity contribution in [2.45, 2.75) is 24.3 Å². The zero-order valence-corrected chi connectivity index (χ0v) is 17.6. The van der Waals surface area contributed by atoms with Gasteiger partial charge in [-0.15, -0.1) is 0 Å². The van der Waals surface area contributed by atoms with E-state index in [9.17, 15) is 19.5 Å². The highest BCUT2D eigenvalue weighted by Crippen LogP contribution is 2.44. The molecule has 0 spiro atoms. The van der Waals surface area contributed by atoms with Gasteiger partial charge in [0, 0.05) is 13.0 Å². The second-order valence-corrected chi connectivity index (χ2v) is 8.11. The molecule has 0 radical (unpaired) electrons. The predicted molar refractivity (Wildman–Crippen MR) is 115 cm³/mol. The topological polar surface area (TPSA) is 135 Å². The van der Waals surface area contributed by atoms with E-state index in [-0.39, 0.29) is 24.0 Å². The van der Waals surface area contributed by atoms with E-state index < -0.39 is 23.5 Å². The standard InChI is InChI=1S/C23H20N4O6/c1-27(23(10-11-23)21(29)30)20(28)18-19(26-33-25-18)24-22(31)32-12-17-15-8-4-2-6-13(15)14-7-3-5-9-16(14)17/h2-9,17H,10-12H2,1H3,(H,29,30)(H,24,26,31). The second-order valence-electron chi connectivity index (χ2n) is 8.11. The van der Waals surface area contributed by atoms with Crippen molar-refractivity contribution in [1.29, 1.82) is 0 Å². The molecule has 2 aromatic carbocycles. The molecule has 0 aliphatic heterocycles. The van der Waals surface area contributed by atoms with Crippen LogP contribution in [-0.4, -0.2) is 57.5 Å². The van der Waals surface area contributed by atoms with Gasteiger partial charge in [-0.2, -0.15) is 0 Å². The third-order valence-electron chi connectivity index (χ3n) is 6.32. The number of carbonyl (C=O) groups is 3. The van der Waals surface area contributed by atoms with Gasteiger partial charge in [0.25, 0.3) is 5.91 Å². The molecular formula is C23H20N4O6. The molecule has 2 N–H and O–H groups in total. The average molecular weight is 448 g/mol. The quantitative estimate of drug-likeness (QED) is 0.587. The summed E-state index contributed by atoms with van der Waals surface area (Å²) in [5, 5.41) is 18.9. The van der Waals surface area contributed by atoms with Gasteiger partial charge in [-0.1, -0.05) is 48.5 Å². The van der Waals surface area contributed by atoms with Crippen molar-refractivity contribution in [2.24, 2.45) is 0 Å². The molecule has 1 fully saturated rings. The summed E-state index contributed by atoms with van der Waals surface area (Å²) in [6.07, 6.45) is -0.153. The monoisotopic (exact) mass is 448 g/mol. The van der Waals surface area contributed by atoms with Crippen molar-refractivity contribution in [3.05, 3.63) is 65.4 Å². The number of aromatic nitrogens is 2. The summed E-state index contributed by atoms with van der Waals surface area (Å²) < 4.78 is 10.1. The van der Waals surface area contributed by atoms with Crippen LogP contribution in [0.2, 0.25) is 0 Å². The fourth-order valence-corrected chi connectivity index (χ4v) is 4.31. The van der Waals surface area contributed by atoms with E-state index in [1.165, 1.54) is 7.05 Å². The summed E-state index contributed by atoms with van der Waals surface area (Å²) in [5.41, 5.74) is 2.78. The molecule has 0 saturated heterocycles. The Balaban J connectivity index is 1.28. The first-order valence-electron chi connectivity index (χ1n) is 10.4. The number of nitrogens with zero attached hydrogens (tertiary/aromatic N) is 3. The lowest BCUT2D eigenvalue weighted by atomic mass is 9.98. The molecule has 0 unspecified atom stereocenters. The molecule has 10 heteroatoms. The number of benzene rings is 2. The number of hydrogen-bond acceptors (Lipinski definition) is 7. The predicted octanol–water partition coefficient (Wildman–Crippen LogP) is 3.12. The van der Waals surface area contributed by atoms with Crippen LogP contribution < -0.4 is 5.32 Å². The maximum atomic E-state index is 12.7. The molecule has 2 aliphatic rings. The molecule has 0 bridgehead atoms. The molecule has 33 heavy (non-hydrogen) atoms. The summed E-state index contributed by atoms with van der Waals surface area (Å²) in [5.74, 6) is -2.17. The number of fused-ring (bicyclic) bond motifs is 3. The average Bonchev–Trinajstić information content (AvgIpc) is 3.42. The number of ether oxygens (including phenoxy) is 1. The summed E-state index contributed by atoms with van der Waals surface area (Å²) in [6, 6.07) is 15.9. The van der Waals surface area contributed by atoms with E-state index in [0.29, 0.717) is 12.8 Å². The Morgan fingerprint density at radius 2 is 1.70 bits per heavy atom. The smallest absolute Gasteiger partial charge is 0.412 e. The molecule has 2 aliphatic carbocycles. The van der Waals surface area contributed by atoms with Gasteiger partial charge in [0.15, 0.2) is 0 Å². The van der Waals surface area contributed by atoms with Gasteiger partial charge in [0.1, 0.15) is 12.1 Å². The van der Waals surface area contributed by atoms with Crippen LogP contribution in [0.5, 0.6) is 0 Å². The van der Waals surface area contributed by atoms with Crippen molar-refractivity contribution in [3.63, 3.8) is 0 Å². The van der Waals surface area contributed by atoms with Gasteiger partial charge < -0.3 is 14.7 Å². The highest BCUT2D eigenvalue weighted by molar-refractivity contribution is 6.02. The Hall–Kier alpha value is -4.21. The van der Waals surface area contributed by atoms with E-state index in [4.69, 9.17) is 4.74 Å². The summed E-state index contributed by atoms with van der Waals surface area (Å²) in [6.45, 7) is 0.0798. The van der Waals surface area contributed by atoms with Crippen LogP contribution in [0, 0.1) is 0 Å². The highest BCUT2D eigenvalue weighted by Gasteiger charge is 2.56. The van der Waals surface area contributed by atoms with Crippen molar-refractivity contribution in [1.82, 2.24) is 15.2 Å². The Morgan fingerprint density at radius 1 is 1.09 bits per heavy atom. The number of hydrogen-bond donors (Lipinski definition) is 2. The maximum Gasteiger partial charge on any atom is 0.412 e. The Kier molecular flexibility index (Phi) is 4.85. The SMILES string of the molecule is CN(C(=O)c1nonc1NC(=O)OCC1c2ccccc2-c2ccccc21)C1(C(=O)O)CC1. The lowest BCUT2D eigenvalue weighted by molar-refractivity contribution is -0.143. The normalized spacial score (nSPS) is 15.3. The second kappa shape index (κ2) is 7.73. The zero-order valence-electron chi connectivity index (χ0n) is 17.6. The molecule has 1 heterocycles. The first-order valence-corrected chi connectivity index (χ1v) is 10.4. The van der Waals surface area contributed by atoms with E-state index in [1.807, 2.05) is 48.5 Å². The van der Waals surface area contributed by atoms with Gasteiger partial charge in [-0.3, -0.25) is 10.1 Å². The minimum absolute atomic E-state index is 0.0798. The highest BCUT2D eigenvalue weighted by atomic mass is 16.6. The zero-order chi connectivity index (χ0) is 23.2. The van der Waals surface area contributed by atoms with Gasteiger partial charge in [0.05, 0.1) is 0 Å². The number of anilines is 1. The number of likely N-dealkylation sites (N-methyl/N-ethyl adjacent to an activating group) is 1. The summed E-state index contributed by atoms with van der Waals surface area (Å²) in [4.78, 5) is 37.8. The van der Waals surface area contributed by atoms with Crippen LogP contribution in [0.3, 0.4) is 0 Å². The third kappa shape index (κ3) is 3.39. The van der Waals surface area contributed by atoms with E-state index >= 15 is 0 Å². The lowest BCUT2D eigenvalue weighted by Crippen LogP contribution is -2.45. The van der Waals surface area contributed by atoms with Crippen molar-refractivity contribution in [3.8, 4) is 11.1 Å². The van der Waals surface area contributed by atoms with E-state index in [2.05, 4.69) is 20.3 Å². The fraction of sp³-hybridized carbons (Fsp3) is 0.261. The molecule has 1 saturated carbocycles. The Bertz CT molecular complexity index is 1220. The molecule has 5 rings (SSSR count). The van der Waals surface area contributed by atoms with Crippen LogP contribution >= 0.6 is 0 Å². The fourth-order valence-electron chi connectivity index (χ4n) is 4.31. The van der Waals surface area contributed by atoms with Gasteiger partial charge in [-0.05, 0) is 45.4 Å². The van der Waals surface area contributed by atoms with Crippen molar-refractivity contribution in [2.75, 3.05) is 19.0 Å². The number of aliphatic carboxylic acids is 1. The molecule has 2 amide bonds. The summed E-state index contributed by atoms with van der Waals surface area (Å²) >= 11 is 0. The largest absolute Gasteiger partial charge is 0.479 e. The van der Waals surface area contributed by atoms with Crippen LogP contribution in [0.1, 0.15) is 40.4 Å². The number of rotatable bonds is 6. The van der Waals surface area contributed by atoms with Crippen LogP contribution in [0.15, 0.2) is 53.2 Å². The number of carboxylic acid groups (broad SMARTS) is 1. The Labute approximate surface area is 188 Å². The van der Waals surface area contributed by atoms with E-state index in [1.54, 1.807) is 0 Å². The Morgan fingerprint density at radius 3 is 2.27 bits per heavy atom. The van der Waals surface area contributed by atoms with Crippen LogP contribution in [0.25, 0.3) is 11.1 Å². The minimum Gasteiger partial charge on any atom is -0.479 e. The van der Waals surface area contributed by atoms with Crippen molar-refractivity contribution >= 4 is 23.8 Å². The molecule has 10 nitrogen and oxygen atoms in total. The maximum absolute atomic E-state index is 12.7. The van der Waals surface area contributed by atoms with Gasteiger partial charge in [-0.25, -0.2) is 14.2 Å². The molecule has 0 atom stereocenters. The van der Waals surface area contributed by atoms with Crippen molar-refractivity contribution < 1.29 is 28.9 Å². The molecular weight excluding hydrogens is 428 g/mol. The lowest BCUT2D eigenvalue weighted by Gasteiger charge is -2.23.